The fourth-order valence-electron chi connectivity index (χ4n) is 8.59. The standard InChI is InChI=1S/C52H31NO2S/c1-2-10-32(11-3-1)33-20-24-37(25-21-33)53(45-18-9-17-41-44-30-35-12-4-5-13-36(35)31-46(44)54-51(41)45)38-26-22-34(23-27-38)39-15-8-16-40-42-28-29-48-49(52(42)55-50(39)40)43-14-6-7-19-47(43)56-48/h1-31H. The number of furan rings is 2. The van der Waals surface area contributed by atoms with Gasteiger partial charge in [-0.3, -0.25) is 0 Å². The second kappa shape index (κ2) is 12.2. The summed E-state index contributed by atoms with van der Waals surface area (Å²) < 4.78 is 16.2. The van der Waals surface area contributed by atoms with Crippen LogP contribution in [0.4, 0.5) is 17.1 Å². The maximum Gasteiger partial charge on any atom is 0.159 e. The van der Waals surface area contributed by atoms with Gasteiger partial charge in [0.2, 0.25) is 0 Å². The van der Waals surface area contributed by atoms with Crippen LogP contribution in [0.25, 0.3) is 97.1 Å². The fraction of sp³-hybridized carbons (Fsp3) is 0. The van der Waals surface area contributed by atoms with E-state index in [4.69, 9.17) is 8.83 Å². The number of benzene rings is 9. The maximum absolute atomic E-state index is 6.87. The summed E-state index contributed by atoms with van der Waals surface area (Å²) in [6.07, 6.45) is 0. The van der Waals surface area contributed by atoms with Crippen molar-refractivity contribution in [1.82, 2.24) is 0 Å². The van der Waals surface area contributed by atoms with Gasteiger partial charge in [-0.05, 0) is 88.1 Å². The summed E-state index contributed by atoms with van der Waals surface area (Å²) in [6.45, 7) is 0. The van der Waals surface area contributed by atoms with E-state index in [0.717, 1.165) is 77.5 Å². The van der Waals surface area contributed by atoms with Crippen LogP contribution in [0.5, 0.6) is 0 Å². The molecule has 0 fully saturated rings. The van der Waals surface area contributed by atoms with E-state index >= 15 is 0 Å². The van der Waals surface area contributed by atoms with Gasteiger partial charge in [-0.15, -0.1) is 11.3 Å². The fourth-order valence-corrected chi connectivity index (χ4v) is 9.69. The molecule has 0 N–H and O–H groups in total. The van der Waals surface area contributed by atoms with Gasteiger partial charge >= 0.3 is 0 Å². The van der Waals surface area contributed by atoms with Gasteiger partial charge < -0.3 is 13.7 Å². The molecule has 0 atom stereocenters. The molecule has 0 saturated carbocycles. The second-order valence-corrected chi connectivity index (χ2v) is 15.5. The van der Waals surface area contributed by atoms with Gasteiger partial charge in [-0.2, -0.15) is 0 Å². The highest BCUT2D eigenvalue weighted by molar-refractivity contribution is 7.26. The van der Waals surface area contributed by atoms with Crippen LogP contribution in [0.2, 0.25) is 0 Å². The summed E-state index contributed by atoms with van der Waals surface area (Å²) in [4.78, 5) is 2.31. The second-order valence-electron chi connectivity index (χ2n) is 14.4. The highest BCUT2D eigenvalue weighted by Gasteiger charge is 2.21. The van der Waals surface area contributed by atoms with E-state index in [-0.39, 0.29) is 0 Å². The molecule has 0 aliphatic heterocycles. The Morgan fingerprint density at radius 2 is 1.00 bits per heavy atom. The van der Waals surface area contributed by atoms with Crippen molar-refractivity contribution in [3.05, 3.63) is 188 Å². The highest BCUT2D eigenvalue weighted by Crippen LogP contribution is 2.46. The molecule has 3 aromatic heterocycles. The van der Waals surface area contributed by atoms with Gasteiger partial charge in [0.15, 0.2) is 5.58 Å². The van der Waals surface area contributed by atoms with E-state index in [1.165, 1.54) is 36.7 Å². The molecule has 3 heterocycles. The molecule has 3 nitrogen and oxygen atoms in total. The lowest BCUT2D eigenvalue weighted by Crippen LogP contribution is -2.10. The van der Waals surface area contributed by atoms with Crippen LogP contribution in [0.1, 0.15) is 0 Å². The number of fused-ring (bicyclic) bond motifs is 11. The third-order valence-electron chi connectivity index (χ3n) is 11.3. The molecule has 9 aromatic carbocycles. The first-order valence-corrected chi connectivity index (χ1v) is 19.7. The summed E-state index contributed by atoms with van der Waals surface area (Å²) in [5, 5.41) is 9.28. The topological polar surface area (TPSA) is 29.5 Å². The first-order valence-electron chi connectivity index (χ1n) is 18.9. The Kier molecular flexibility index (Phi) is 6.80. The number of hydrogen-bond donors (Lipinski definition) is 0. The molecule has 56 heavy (non-hydrogen) atoms. The molecular weight excluding hydrogens is 703 g/mol. The number of anilines is 3. The third-order valence-corrected chi connectivity index (χ3v) is 12.4. The lowest BCUT2D eigenvalue weighted by Gasteiger charge is -2.26. The van der Waals surface area contributed by atoms with E-state index < -0.39 is 0 Å². The Hall–Kier alpha value is -7.14. The zero-order chi connectivity index (χ0) is 36.7. The first kappa shape index (κ1) is 31.2. The predicted molar refractivity (Wildman–Crippen MR) is 237 cm³/mol. The van der Waals surface area contributed by atoms with E-state index in [1.54, 1.807) is 0 Å². The Labute approximate surface area is 325 Å². The van der Waals surface area contributed by atoms with Crippen LogP contribution in [0.15, 0.2) is 197 Å². The normalized spacial score (nSPS) is 11.9. The van der Waals surface area contributed by atoms with E-state index in [2.05, 4.69) is 193 Å². The van der Waals surface area contributed by atoms with Crippen LogP contribution < -0.4 is 4.90 Å². The van der Waals surface area contributed by atoms with Gasteiger partial charge in [0.05, 0.1) is 5.69 Å². The summed E-state index contributed by atoms with van der Waals surface area (Å²) in [5.74, 6) is 0. The van der Waals surface area contributed by atoms with Crippen LogP contribution in [0, 0.1) is 0 Å². The minimum absolute atomic E-state index is 0.855. The van der Waals surface area contributed by atoms with Crippen LogP contribution in [-0.4, -0.2) is 0 Å². The molecule has 12 aromatic rings. The Morgan fingerprint density at radius 1 is 0.375 bits per heavy atom. The largest absolute Gasteiger partial charge is 0.455 e. The molecule has 0 spiro atoms. The summed E-state index contributed by atoms with van der Waals surface area (Å²) >= 11 is 1.82. The van der Waals surface area contributed by atoms with Crippen LogP contribution in [-0.2, 0) is 0 Å². The van der Waals surface area contributed by atoms with Gasteiger partial charge in [0.1, 0.15) is 16.7 Å². The minimum Gasteiger partial charge on any atom is -0.455 e. The van der Waals surface area contributed by atoms with Crippen molar-refractivity contribution >= 4 is 103 Å². The molecule has 0 aliphatic rings. The zero-order valence-corrected chi connectivity index (χ0v) is 30.9. The molecular formula is C52H31NO2S. The monoisotopic (exact) mass is 733 g/mol. The number of para-hydroxylation sites is 2. The Bertz CT molecular complexity index is 3460. The van der Waals surface area contributed by atoms with Crippen molar-refractivity contribution in [2.45, 2.75) is 0 Å². The van der Waals surface area contributed by atoms with E-state index in [9.17, 15) is 0 Å². The van der Waals surface area contributed by atoms with Gasteiger partial charge in [0, 0.05) is 58.7 Å². The van der Waals surface area contributed by atoms with Crippen molar-refractivity contribution in [3.8, 4) is 22.3 Å². The molecule has 0 saturated heterocycles. The molecule has 0 amide bonds. The van der Waals surface area contributed by atoms with E-state index in [0.29, 0.717) is 0 Å². The minimum atomic E-state index is 0.855. The highest BCUT2D eigenvalue weighted by atomic mass is 32.1. The number of nitrogens with zero attached hydrogens (tertiary/aromatic N) is 1. The van der Waals surface area contributed by atoms with Gasteiger partial charge in [-0.25, -0.2) is 0 Å². The van der Waals surface area contributed by atoms with Crippen molar-refractivity contribution in [2.75, 3.05) is 4.90 Å². The maximum atomic E-state index is 6.87. The van der Waals surface area contributed by atoms with Crippen LogP contribution in [0.3, 0.4) is 0 Å². The SMILES string of the molecule is c1ccc(-c2ccc(N(c3ccc(-c4cccc5c4oc4c5ccc5sc6ccccc6c54)cc3)c3cccc4c3oc3cc5ccccc5cc34)cc2)cc1. The smallest absolute Gasteiger partial charge is 0.159 e. The molecule has 4 heteroatoms. The first-order chi connectivity index (χ1) is 27.7. The number of thiophene rings is 1. The summed E-state index contributed by atoms with van der Waals surface area (Å²) in [5.41, 5.74) is 11.2. The lowest BCUT2D eigenvalue weighted by atomic mass is 10.0. The average molecular weight is 734 g/mol. The number of rotatable bonds is 5. The van der Waals surface area contributed by atoms with Crippen LogP contribution >= 0.6 is 11.3 Å². The van der Waals surface area contributed by atoms with Crippen molar-refractivity contribution in [2.24, 2.45) is 0 Å². The lowest BCUT2D eigenvalue weighted by molar-refractivity contribution is 0.669. The molecule has 0 unspecified atom stereocenters. The molecule has 12 rings (SSSR count). The van der Waals surface area contributed by atoms with Crippen molar-refractivity contribution < 1.29 is 8.83 Å². The molecule has 0 aliphatic carbocycles. The zero-order valence-electron chi connectivity index (χ0n) is 30.1. The average Bonchev–Trinajstić information content (AvgIpc) is 3.95. The number of hydrogen-bond acceptors (Lipinski definition) is 4. The molecule has 262 valence electrons. The van der Waals surface area contributed by atoms with Crippen molar-refractivity contribution in [3.63, 3.8) is 0 Å². The van der Waals surface area contributed by atoms with Gasteiger partial charge in [0.25, 0.3) is 0 Å². The Morgan fingerprint density at radius 3 is 1.80 bits per heavy atom. The summed E-state index contributed by atoms with van der Waals surface area (Å²) in [7, 11) is 0. The van der Waals surface area contributed by atoms with E-state index in [1.807, 2.05) is 11.3 Å². The molecule has 0 bridgehead atoms. The predicted octanol–water partition coefficient (Wildman–Crippen LogP) is 15.8. The summed E-state index contributed by atoms with van der Waals surface area (Å²) in [6, 6.07) is 67.1. The third kappa shape index (κ3) is 4.76. The van der Waals surface area contributed by atoms with Crippen molar-refractivity contribution in [1.29, 1.82) is 0 Å². The Balaban J connectivity index is 1.02. The quantitative estimate of drug-likeness (QED) is 0.176. The molecule has 0 radical (unpaired) electrons. The van der Waals surface area contributed by atoms with Gasteiger partial charge in [-0.1, -0.05) is 127 Å².